The van der Waals surface area contributed by atoms with Crippen LogP contribution in [0.4, 0.5) is 0 Å². The lowest BCUT2D eigenvalue weighted by Crippen LogP contribution is -1.77. The Labute approximate surface area is 89.6 Å². The van der Waals surface area contributed by atoms with Crippen LogP contribution in [0.3, 0.4) is 0 Å². The van der Waals surface area contributed by atoms with Crippen LogP contribution in [0.25, 0.3) is 10.6 Å². The van der Waals surface area contributed by atoms with Crippen molar-refractivity contribution in [1.29, 1.82) is 5.26 Å². The van der Waals surface area contributed by atoms with E-state index in [4.69, 9.17) is 16.9 Å². The summed E-state index contributed by atoms with van der Waals surface area (Å²) in [6, 6.07) is 9.19. The van der Waals surface area contributed by atoms with Crippen LogP contribution < -0.4 is 0 Å². The molecule has 0 saturated heterocycles. The van der Waals surface area contributed by atoms with Gasteiger partial charge >= 0.3 is 0 Å². The number of hydrogen-bond acceptors (Lipinski definition) is 4. The predicted molar refractivity (Wildman–Crippen MR) is 55.1 cm³/mol. The zero-order valence-electron chi connectivity index (χ0n) is 6.94. The molecule has 0 atom stereocenters. The molecule has 0 unspecified atom stereocenters. The molecular formula is C9H4ClN3S. The van der Waals surface area contributed by atoms with Crippen LogP contribution in [-0.2, 0) is 0 Å². The molecule has 0 N–H and O–H groups in total. The fourth-order valence-corrected chi connectivity index (χ4v) is 1.84. The van der Waals surface area contributed by atoms with E-state index in [1.807, 2.05) is 12.1 Å². The quantitative estimate of drug-likeness (QED) is 0.744. The first-order chi connectivity index (χ1) is 6.79. The SMILES string of the molecule is N#Cc1ccc(-c2nnc(Cl)s2)cc1. The molecule has 0 fully saturated rings. The van der Waals surface area contributed by atoms with E-state index in [1.54, 1.807) is 12.1 Å². The largest absolute Gasteiger partial charge is 0.207 e. The lowest BCUT2D eigenvalue weighted by atomic mass is 10.2. The predicted octanol–water partition coefficient (Wildman–Crippen LogP) is 2.73. The van der Waals surface area contributed by atoms with Crippen LogP contribution in [-0.4, -0.2) is 10.2 Å². The van der Waals surface area contributed by atoms with Crippen molar-refractivity contribution < 1.29 is 0 Å². The Hall–Kier alpha value is -1.44. The topological polar surface area (TPSA) is 49.6 Å². The summed E-state index contributed by atoms with van der Waals surface area (Å²) < 4.78 is 0.421. The van der Waals surface area contributed by atoms with Gasteiger partial charge in [0, 0.05) is 5.56 Å². The second-order valence-corrected chi connectivity index (χ2v) is 4.11. The number of rotatable bonds is 1. The van der Waals surface area contributed by atoms with Crippen molar-refractivity contribution in [3.05, 3.63) is 34.3 Å². The van der Waals surface area contributed by atoms with E-state index in [2.05, 4.69) is 16.3 Å². The minimum absolute atomic E-state index is 0.421. The summed E-state index contributed by atoms with van der Waals surface area (Å²) in [5, 5.41) is 17.0. The first-order valence-electron chi connectivity index (χ1n) is 3.79. The van der Waals surface area contributed by atoms with Crippen molar-refractivity contribution in [3.8, 4) is 16.6 Å². The summed E-state index contributed by atoms with van der Waals surface area (Å²) in [5.74, 6) is 0. The molecule has 0 aliphatic rings. The van der Waals surface area contributed by atoms with Gasteiger partial charge in [-0.15, -0.1) is 10.2 Å². The van der Waals surface area contributed by atoms with Gasteiger partial charge in [0.15, 0.2) is 0 Å². The minimum atomic E-state index is 0.421. The normalized spacial score (nSPS) is 9.71. The van der Waals surface area contributed by atoms with E-state index in [1.165, 1.54) is 11.3 Å². The summed E-state index contributed by atoms with van der Waals surface area (Å²) in [6.07, 6.45) is 0. The maximum Gasteiger partial charge on any atom is 0.207 e. The molecule has 1 aromatic carbocycles. The molecule has 1 heterocycles. The Morgan fingerprint density at radius 2 is 1.93 bits per heavy atom. The Morgan fingerprint density at radius 3 is 2.43 bits per heavy atom. The Balaban J connectivity index is 2.39. The summed E-state index contributed by atoms with van der Waals surface area (Å²) in [7, 11) is 0. The molecule has 0 saturated carbocycles. The van der Waals surface area contributed by atoms with Crippen LogP contribution in [0, 0.1) is 11.3 Å². The van der Waals surface area contributed by atoms with Gasteiger partial charge in [-0.2, -0.15) is 5.26 Å². The molecule has 14 heavy (non-hydrogen) atoms. The Morgan fingerprint density at radius 1 is 1.21 bits per heavy atom. The number of hydrogen-bond donors (Lipinski definition) is 0. The van der Waals surface area contributed by atoms with Gasteiger partial charge in [0.05, 0.1) is 11.6 Å². The monoisotopic (exact) mass is 221 g/mol. The summed E-state index contributed by atoms with van der Waals surface area (Å²) in [4.78, 5) is 0. The molecule has 0 bridgehead atoms. The van der Waals surface area contributed by atoms with Gasteiger partial charge in [-0.3, -0.25) is 0 Å². The number of nitrogens with zero attached hydrogens (tertiary/aromatic N) is 3. The molecule has 5 heteroatoms. The molecule has 0 aliphatic heterocycles. The third kappa shape index (κ3) is 1.74. The van der Waals surface area contributed by atoms with E-state index >= 15 is 0 Å². The van der Waals surface area contributed by atoms with Crippen molar-refractivity contribution >= 4 is 22.9 Å². The van der Waals surface area contributed by atoms with E-state index in [0.717, 1.165) is 10.6 Å². The van der Waals surface area contributed by atoms with E-state index in [0.29, 0.717) is 10.0 Å². The third-order valence-corrected chi connectivity index (χ3v) is 2.73. The molecule has 0 aliphatic carbocycles. The number of aromatic nitrogens is 2. The average Bonchev–Trinajstić information content (AvgIpc) is 2.65. The number of halogens is 1. The van der Waals surface area contributed by atoms with Gasteiger partial charge in [-0.05, 0) is 23.7 Å². The van der Waals surface area contributed by atoms with Crippen LogP contribution >= 0.6 is 22.9 Å². The van der Waals surface area contributed by atoms with Crippen LogP contribution in [0.2, 0.25) is 4.47 Å². The molecule has 1 aromatic heterocycles. The highest BCUT2D eigenvalue weighted by atomic mass is 35.5. The van der Waals surface area contributed by atoms with E-state index < -0.39 is 0 Å². The molecule has 0 radical (unpaired) electrons. The highest BCUT2D eigenvalue weighted by Gasteiger charge is 2.04. The lowest BCUT2D eigenvalue weighted by molar-refractivity contribution is 1.10. The molecule has 0 spiro atoms. The maximum atomic E-state index is 8.61. The Kier molecular flexibility index (Phi) is 2.44. The van der Waals surface area contributed by atoms with Crippen molar-refractivity contribution in [2.75, 3.05) is 0 Å². The summed E-state index contributed by atoms with van der Waals surface area (Å²) >= 11 is 6.98. The standard InChI is InChI=1S/C9H4ClN3S/c10-9-13-12-8(14-9)7-3-1-6(5-11)2-4-7/h1-4H. The van der Waals surface area contributed by atoms with Gasteiger partial charge in [-0.1, -0.05) is 23.5 Å². The summed E-state index contributed by atoms with van der Waals surface area (Å²) in [6.45, 7) is 0. The zero-order valence-corrected chi connectivity index (χ0v) is 8.51. The zero-order chi connectivity index (χ0) is 9.97. The van der Waals surface area contributed by atoms with E-state index in [9.17, 15) is 0 Å². The number of nitriles is 1. The van der Waals surface area contributed by atoms with E-state index in [-0.39, 0.29) is 0 Å². The van der Waals surface area contributed by atoms with Crippen molar-refractivity contribution in [3.63, 3.8) is 0 Å². The van der Waals surface area contributed by atoms with Crippen LogP contribution in [0.1, 0.15) is 5.56 Å². The van der Waals surface area contributed by atoms with Gasteiger partial charge in [0.1, 0.15) is 5.01 Å². The van der Waals surface area contributed by atoms with Gasteiger partial charge in [0.25, 0.3) is 0 Å². The second kappa shape index (κ2) is 3.74. The van der Waals surface area contributed by atoms with Crippen molar-refractivity contribution in [1.82, 2.24) is 10.2 Å². The van der Waals surface area contributed by atoms with Crippen LogP contribution in [0.15, 0.2) is 24.3 Å². The van der Waals surface area contributed by atoms with Crippen molar-refractivity contribution in [2.24, 2.45) is 0 Å². The molecule has 68 valence electrons. The first kappa shape index (κ1) is 9.13. The fraction of sp³-hybridized carbons (Fsp3) is 0. The smallest absolute Gasteiger partial charge is 0.192 e. The molecule has 0 amide bonds. The Bertz CT molecular complexity index is 484. The third-order valence-electron chi connectivity index (χ3n) is 1.66. The lowest BCUT2D eigenvalue weighted by Gasteiger charge is -1.93. The van der Waals surface area contributed by atoms with Crippen molar-refractivity contribution in [2.45, 2.75) is 0 Å². The second-order valence-electron chi connectivity index (χ2n) is 2.55. The van der Waals surface area contributed by atoms with Gasteiger partial charge < -0.3 is 0 Å². The highest BCUT2D eigenvalue weighted by molar-refractivity contribution is 7.18. The fourth-order valence-electron chi connectivity index (χ4n) is 1.01. The van der Waals surface area contributed by atoms with Crippen LogP contribution in [0.5, 0.6) is 0 Å². The molecule has 2 rings (SSSR count). The average molecular weight is 222 g/mol. The summed E-state index contributed by atoms with van der Waals surface area (Å²) in [5.41, 5.74) is 1.55. The number of benzene rings is 1. The van der Waals surface area contributed by atoms with Gasteiger partial charge in [0.2, 0.25) is 4.47 Å². The first-order valence-corrected chi connectivity index (χ1v) is 4.98. The highest BCUT2D eigenvalue weighted by Crippen LogP contribution is 2.25. The maximum absolute atomic E-state index is 8.61. The van der Waals surface area contributed by atoms with Gasteiger partial charge in [-0.25, -0.2) is 0 Å². The molecular weight excluding hydrogens is 218 g/mol. The molecule has 2 aromatic rings. The molecule has 3 nitrogen and oxygen atoms in total. The minimum Gasteiger partial charge on any atom is -0.192 e.